The second-order valence-electron chi connectivity index (χ2n) is 4.95. The first-order chi connectivity index (χ1) is 9.45. The van der Waals surface area contributed by atoms with E-state index in [0.29, 0.717) is 12.2 Å². The van der Waals surface area contributed by atoms with Gasteiger partial charge in [0.25, 0.3) is 0 Å². The first-order valence-electron chi connectivity index (χ1n) is 6.59. The number of aromatic nitrogens is 2. The van der Waals surface area contributed by atoms with Crippen LogP contribution in [0.5, 0.6) is 0 Å². The van der Waals surface area contributed by atoms with E-state index in [-0.39, 0.29) is 12.5 Å². The molecule has 7 nitrogen and oxygen atoms in total. The number of nitrogens with zero attached hydrogens (tertiary/aromatic N) is 3. The summed E-state index contributed by atoms with van der Waals surface area (Å²) in [5, 5.41) is 13.6. The van der Waals surface area contributed by atoms with Crippen molar-refractivity contribution >= 4 is 11.9 Å². The number of hydrogen-bond acceptors (Lipinski definition) is 4. The molecule has 2 unspecified atom stereocenters. The first kappa shape index (κ1) is 14.5. The Morgan fingerprint density at radius 2 is 2.30 bits per heavy atom. The minimum Gasteiger partial charge on any atom is -0.479 e. The highest BCUT2D eigenvalue weighted by Crippen LogP contribution is 2.32. The van der Waals surface area contributed by atoms with E-state index >= 15 is 0 Å². The van der Waals surface area contributed by atoms with Crippen LogP contribution in [-0.2, 0) is 21.4 Å². The molecule has 2 rings (SSSR count). The molecule has 1 N–H and O–H groups in total. The van der Waals surface area contributed by atoms with E-state index in [0.717, 1.165) is 12.0 Å². The lowest BCUT2D eigenvalue weighted by molar-refractivity contribution is -0.173. The molecular formula is C13H19N3O4. The van der Waals surface area contributed by atoms with E-state index in [9.17, 15) is 14.7 Å². The van der Waals surface area contributed by atoms with E-state index in [1.54, 1.807) is 29.7 Å². The SMILES string of the molecule is CCCN1C(=O)COC(C(=O)O)C1c1cn(C)nc1C. The number of carbonyl (C=O) groups excluding carboxylic acids is 1. The van der Waals surface area contributed by atoms with E-state index in [1.165, 1.54) is 0 Å². The Labute approximate surface area is 117 Å². The Morgan fingerprint density at radius 3 is 2.80 bits per heavy atom. The number of rotatable bonds is 4. The number of morpholine rings is 1. The lowest BCUT2D eigenvalue weighted by atomic mass is 9.98. The van der Waals surface area contributed by atoms with Crippen LogP contribution < -0.4 is 0 Å². The van der Waals surface area contributed by atoms with Gasteiger partial charge in [-0.25, -0.2) is 4.79 Å². The van der Waals surface area contributed by atoms with Crippen molar-refractivity contribution in [2.24, 2.45) is 7.05 Å². The molecule has 1 saturated heterocycles. The minimum atomic E-state index is -1.06. The van der Waals surface area contributed by atoms with Crippen LogP contribution in [0.3, 0.4) is 0 Å². The summed E-state index contributed by atoms with van der Waals surface area (Å²) in [5.41, 5.74) is 1.43. The average Bonchev–Trinajstić information content (AvgIpc) is 2.70. The maximum atomic E-state index is 12.0. The van der Waals surface area contributed by atoms with Crippen LogP contribution in [0.25, 0.3) is 0 Å². The lowest BCUT2D eigenvalue weighted by Gasteiger charge is -2.39. The molecule has 1 amide bonds. The van der Waals surface area contributed by atoms with Gasteiger partial charge in [-0.1, -0.05) is 6.92 Å². The number of aliphatic carboxylic acids is 1. The molecule has 1 aliphatic heterocycles. The summed E-state index contributed by atoms with van der Waals surface area (Å²) in [4.78, 5) is 25.0. The van der Waals surface area contributed by atoms with Crippen molar-refractivity contribution in [3.8, 4) is 0 Å². The van der Waals surface area contributed by atoms with Crippen molar-refractivity contribution in [3.63, 3.8) is 0 Å². The fourth-order valence-corrected chi connectivity index (χ4v) is 2.60. The fraction of sp³-hybridized carbons (Fsp3) is 0.615. The van der Waals surface area contributed by atoms with Crippen LogP contribution in [-0.4, -0.2) is 50.9 Å². The van der Waals surface area contributed by atoms with Gasteiger partial charge in [-0.05, 0) is 13.3 Å². The average molecular weight is 281 g/mol. The topological polar surface area (TPSA) is 84.7 Å². The lowest BCUT2D eigenvalue weighted by Crippen LogP contribution is -2.52. The van der Waals surface area contributed by atoms with Gasteiger partial charge in [-0.3, -0.25) is 9.48 Å². The molecule has 1 fully saturated rings. The van der Waals surface area contributed by atoms with Crippen LogP contribution in [0, 0.1) is 6.92 Å². The molecule has 2 heterocycles. The van der Waals surface area contributed by atoms with Crippen LogP contribution in [0.15, 0.2) is 6.20 Å². The van der Waals surface area contributed by atoms with Gasteiger partial charge in [0.1, 0.15) is 6.61 Å². The largest absolute Gasteiger partial charge is 0.479 e. The van der Waals surface area contributed by atoms with Gasteiger partial charge in [0, 0.05) is 25.4 Å². The van der Waals surface area contributed by atoms with Crippen LogP contribution >= 0.6 is 0 Å². The van der Waals surface area contributed by atoms with Gasteiger partial charge in [0.2, 0.25) is 5.91 Å². The molecule has 1 aromatic rings. The van der Waals surface area contributed by atoms with Gasteiger partial charge in [-0.2, -0.15) is 5.10 Å². The maximum absolute atomic E-state index is 12.0. The first-order valence-corrected chi connectivity index (χ1v) is 6.59. The summed E-state index contributed by atoms with van der Waals surface area (Å²) in [6, 6.07) is -0.623. The number of carboxylic acid groups (broad SMARTS) is 1. The monoisotopic (exact) mass is 281 g/mol. The Bertz CT molecular complexity index is 526. The molecule has 0 aromatic carbocycles. The quantitative estimate of drug-likeness (QED) is 0.868. The van der Waals surface area contributed by atoms with E-state index in [1.807, 2.05) is 6.92 Å². The van der Waals surface area contributed by atoms with Gasteiger partial charge in [-0.15, -0.1) is 0 Å². The third kappa shape index (κ3) is 2.53. The van der Waals surface area contributed by atoms with Crippen molar-refractivity contribution in [1.82, 2.24) is 14.7 Å². The zero-order valence-electron chi connectivity index (χ0n) is 11.9. The highest BCUT2D eigenvalue weighted by molar-refractivity contribution is 5.83. The van der Waals surface area contributed by atoms with Gasteiger partial charge >= 0.3 is 5.97 Å². The molecule has 1 aliphatic rings. The van der Waals surface area contributed by atoms with Crippen LogP contribution in [0.4, 0.5) is 0 Å². The normalized spacial score (nSPS) is 23.1. The zero-order valence-corrected chi connectivity index (χ0v) is 11.9. The van der Waals surface area contributed by atoms with Crippen molar-refractivity contribution in [3.05, 3.63) is 17.5 Å². The number of carboxylic acids is 1. The maximum Gasteiger partial charge on any atom is 0.335 e. The van der Waals surface area contributed by atoms with Crippen LogP contribution in [0.1, 0.15) is 30.6 Å². The van der Waals surface area contributed by atoms with E-state index < -0.39 is 18.1 Å². The van der Waals surface area contributed by atoms with Gasteiger partial charge in [0.15, 0.2) is 6.10 Å². The standard InChI is InChI=1S/C13H19N3O4/c1-4-5-16-10(17)7-20-12(13(18)19)11(16)9-6-15(3)14-8(9)2/h6,11-12H,4-5,7H2,1-3H3,(H,18,19). The molecule has 2 atom stereocenters. The molecule has 0 bridgehead atoms. The minimum absolute atomic E-state index is 0.183. The Morgan fingerprint density at radius 1 is 1.60 bits per heavy atom. The smallest absolute Gasteiger partial charge is 0.335 e. The fourth-order valence-electron chi connectivity index (χ4n) is 2.60. The van der Waals surface area contributed by atoms with E-state index in [2.05, 4.69) is 5.10 Å². The predicted molar refractivity (Wildman–Crippen MR) is 70.1 cm³/mol. The predicted octanol–water partition coefficient (Wildman–Crippen LogP) is 0.492. The summed E-state index contributed by atoms with van der Waals surface area (Å²) in [5.74, 6) is -1.25. The number of ether oxygens (including phenoxy) is 1. The summed E-state index contributed by atoms with van der Waals surface area (Å²) in [6.45, 7) is 4.07. The highest BCUT2D eigenvalue weighted by Gasteiger charge is 2.42. The molecular weight excluding hydrogens is 262 g/mol. The van der Waals surface area contributed by atoms with Gasteiger partial charge in [0.05, 0.1) is 11.7 Å². The Balaban J connectivity index is 2.45. The number of amides is 1. The summed E-state index contributed by atoms with van der Waals surface area (Å²) >= 11 is 0. The molecule has 0 spiro atoms. The second-order valence-corrected chi connectivity index (χ2v) is 4.95. The summed E-state index contributed by atoms with van der Waals surface area (Å²) in [6.07, 6.45) is 1.45. The van der Waals surface area contributed by atoms with Crippen molar-refractivity contribution in [1.29, 1.82) is 0 Å². The Hall–Kier alpha value is -1.89. The summed E-state index contributed by atoms with van der Waals surface area (Å²) < 4.78 is 6.85. The van der Waals surface area contributed by atoms with Crippen LogP contribution in [0.2, 0.25) is 0 Å². The van der Waals surface area contributed by atoms with Crippen molar-refractivity contribution < 1.29 is 19.4 Å². The highest BCUT2D eigenvalue weighted by atomic mass is 16.5. The molecule has 1 aromatic heterocycles. The molecule has 7 heteroatoms. The third-order valence-corrected chi connectivity index (χ3v) is 3.41. The summed E-state index contributed by atoms with van der Waals surface area (Å²) in [7, 11) is 1.77. The molecule has 0 saturated carbocycles. The second kappa shape index (κ2) is 5.62. The molecule has 110 valence electrons. The zero-order chi connectivity index (χ0) is 14.9. The number of aryl methyl sites for hydroxylation is 2. The number of carbonyl (C=O) groups is 2. The third-order valence-electron chi connectivity index (χ3n) is 3.41. The van der Waals surface area contributed by atoms with E-state index in [4.69, 9.17) is 4.74 Å². The molecule has 20 heavy (non-hydrogen) atoms. The van der Waals surface area contributed by atoms with Crippen molar-refractivity contribution in [2.75, 3.05) is 13.2 Å². The van der Waals surface area contributed by atoms with Gasteiger partial charge < -0.3 is 14.7 Å². The molecule has 0 aliphatic carbocycles. The Kier molecular flexibility index (Phi) is 4.08. The number of hydrogen-bond donors (Lipinski definition) is 1. The molecule has 0 radical (unpaired) electrons. The van der Waals surface area contributed by atoms with Crippen molar-refractivity contribution in [2.45, 2.75) is 32.4 Å².